The molecule has 0 amide bonds. The summed E-state index contributed by atoms with van der Waals surface area (Å²) in [5.41, 5.74) is 0.769. The summed E-state index contributed by atoms with van der Waals surface area (Å²) in [4.78, 5) is 12.6. The number of ether oxygens (including phenoxy) is 1. The van der Waals surface area contributed by atoms with E-state index in [-0.39, 0.29) is 23.7 Å². The molecule has 5 nitrogen and oxygen atoms in total. The average molecular weight is 315 g/mol. The summed E-state index contributed by atoms with van der Waals surface area (Å²) >= 11 is 1.33. The van der Waals surface area contributed by atoms with E-state index in [1.807, 2.05) is 18.2 Å². The van der Waals surface area contributed by atoms with Crippen molar-refractivity contribution in [2.75, 3.05) is 12.9 Å². The monoisotopic (exact) mass is 315 g/mol. The number of esters is 1. The van der Waals surface area contributed by atoms with Crippen molar-refractivity contribution in [2.24, 2.45) is 5.92 Å². The third-order valence-corrected chi connectivity index (χ3v) is 4.46. The van der Waals surface area contributed by atoms with E-state index in [0.717, 1.165) is 19.3 Å². The van der Waals surface area contributed by atoms with Crippen LogP contribution < -0.4 is 0 Å². The normalized spacial score (nSPS) is 19.1. The Bertz CT molecular complexity index is 613. The topological polar surface area (TPSA) is 97.7 Å². The number of carbonyl (C=O) groups is 1. The quantitative estimate of drug-likeness (QED) is 0.449. The number of nitriles is 3. The zero-order valence-electron chi connectivity index (χ0n) is 12.7. The minimum atomic E-state index is -0.622. The van der Waals surface area contributed by atoms with Crippen LogP contribution in [-0.4, -0.2) is 18.8 Å². The van der Waals surface area contributed by atoms with E-state index < -0.39 is 5.97 Å². The maximum Gasteiger partial charge on any atom is 0.348 e. The number of nitrogens with zero attached hydrogens (tertiary/aromatic N) is 3. The summed E-state index contributed by atoms with van der Waals surface area (Å²) in [5, 5.41) is 27.6. The van der Waals surface area contributed by atoms with Gasteiger partial charge in [0.2, 0.25) is 0 Å². The summed E-state index contributed by atoms with van der Waals surface area (Å²) in [6, 6.07) is 5.76. The van der Waals surface area contributed by atoms with E-state index in [0.29, 0.717) is 16.9 Å². The Balaban J connectivity index is 3.41. The van der Waals surface area contributed by atoms with Crippen LogP contribution in [0.25, 0.3) is 0 Å². The average Bonchev–Trinajstić information content (AvgIpc) is 2.54. The van der Waals surface area contributed by atoms with E-state index in [4.69, 9.17) is 15.3 Å². The molecule has 0 aliphatic heterocycles. The van der Waals surface area contributed by atoms with Crippen LogP contribution in [0.1, 0.15) is 32.6 Å². The first-order chi connectivity index (χ1) is 10.6. The molecule has 0 bridgehead atoms. The number of rotatable bonds is 4. The van der Waals surface area contributed by atoms with Crippen LogP contribution in [0.5, 0.6) is 0 Å². The van der Waals surface area contributed by atoms with Crippen LogP contribution in [0, 0.1) is 39.9 Å². The van der Waals surface area contributed by atoms with Crippen molar-refractivity contribution in [3.05, 3.63) is 21.6 Å². The van der Waals surface area contributed by atoms with Gasteiger partial charge >= 0.3 is 5.97 Å². The first-order valence-corrected chi connectivity index (χ1v) is 8.25. The number of thioether (sulfide) groups is 1. The van der Waals surface area contributed by atoms with Gasteiger partial charge in [-0.3, -0.25) is 0 Å². The molecule has 0 aromatic rings. The van der Waals surface area contributed by atoms with Gasteiger partial charge in [0.25, 0.3) is 0 Å². The fraction of sp³-hybridized carbons (Fsp3) is 0.500. The number of hydrogen-bond acceptors (Lipinski definition) is 6. The molecule has 1 rings (SSSR count). The smallest absolute Gasteiger partial charge is 0.348 e. The predicted octanol–water partition coefficient (Wildman–Crippen LogP) is 3.22. The molecule has 1 aliphatic rings. The van der Waals surface area contributed by atoms with E-state index in [2.05, 4.69) is 0 Å². The van der Waals surface area contributed by atoms with Crippen LogP contribution in [0.15, 0.2) is 21.6 Å². The Kier molecular flexibility index (Phi) is 7.23. The molecule has 6 heteroatoms. The number of hydrogen-bond donors (Lipinski definition) is 0. The summed E-state index contributed by atoms with van der Waals surface area (Å²) < 4.78 is 4.95. The highest BCUT2D eigenvalue weighted by Gasteiger charge is 2.30. The molecule has 0 unspecified atom stereocenters. The van der Waals surface area contributed by atoms with Crippen molar-refractivity contribution in [1.29, 1.82) is 15.8 Å². The van der Waals surface area contributed by atoms with Gasteiger partial charge in [0.15, 0.2) is 0 Å². The first-order valence-electron chi connectivity index (χ1n) is 7.03. The van der Waals surface area contributed by atoms with E-state index >= 15 is 0 Å². The van der Waals surface area contributed by atoms with Crippen molar-refractivity contribution in [3.63, 3.8) is 0 Å². The van der Waals surface area contributed by atoms with Crippen molar-refractivity contribution in [2.45, 2.75) is 32.6 Å². The van der Waals surface area contributed by atoms with E-state index in [1.165, 1.54) is 11.8 Å². The third-order valence-electron chi connectivity index (χ3n) is 3.53. The van der Waals surface area contributed by atoms with Crippen molar-refractivity contribution >= 4 is 17.7 Å². The molecule has 0 aromatic heterocycles. The molecule has 0 N–H and O–H groups in total. The molecule has 114 valence electrons. The Morgan fingerprint density at radius 2 is 1.95 bits per heavy atom. The minimum Gasteiger partial charge on any atom is -0.462 e. The standard InChI is InChI=1S/C16H17N3O2S/c1-3-21-16(20)14(10-19)12-6-4-5-7-13(12)15(22-2)11(8-17)9-18/h13H,3-7H2,1-2H3/b14-12+/t13-/m1/s1. The Labute approximate surface area is 134 Å². The lowest BCUT2D eigenvalue weighted by atomic mass is 9.80. The Morgan fingerprint density at radius 3 is 2.45 bits per heavy atom. The highest BCUT2D eigenvalue weighted by atomic mass is 32.2. The SMILES string of the molecule is CCOC(=O)/C(C#N)=C1\CCCC[C@H]1C(SC)=C(C#N)C#N. The molecule has 1 aliphatic carbocycles. The van der Waals surface area contributed by atoms with Gasteiger partial charge in [0.1, 0.15) is 29.4 Å². The molecule has 0 spiro atoms. The largest absolute Gasteiger partial charge is 0.462 e. The van der Waals surface area contributed by atoms with Crippen LogP contribution in [0.4, 0.5) is 0 Å². The van der Waals surface area contributed by atoms with Gasteiger partial charge < -0.3 is 4.74 Å². The predicted molar refractivity (Wildman–Crippen MR) is 83.0 cm³/mol. The summed E-state index contributed by atoms with van der Waals surface area (Å²) in [7, 11) is 0. The summed E-state index contributed by atoms with van der Waals surface area (Å²) in [5.74, 6) is -0.847. The van der Waals surface area contributed by atoms with Gasteiger partial charge in [-0.1, -0.05) is 6.42 Å². The third kappa shape index (κ3) is 3.91. The molecule has 1 saturated carbocycles. The van der Waals surface area contributed by atoms with Crippen LogP contribution in [-0.2, 0) is 9.53 Å². The second-order valence-electron chi connectivity index (χ2n) is 4.70. The molecule has 22 heavy (non-hydrogen) atoms. The second kappa shape index (κ2) is 8.93. The lowest BCUT2D eigenvalue weighted by Gasteiger charge is -2.27. The van der Waals surface area contributed by atoms with Crippen LogP contribution in [0.2, 0.25) is 0 Å². The van der Waals surface area contributed by atoms with Gasteiger partial charge in [-0.25, -0.2) is 4.79 Å². The van der Waals surface area contributed by atoms with E-state index in [9.17, 15) is 10.1 Å². The van der Waals surface area contributed by atoms with Crippen LogP contribution in [0.3, 0.4) is 0 Å². The van der Waals surface area contributed by atoms with Crippen molar-refractivity contribution < 1.29 is 9.53 Å². The zero-order chi connectivity index (χ0) is 16.5. The first kappa shape index (κ1) is 17.8. The molecule has 0 radical (unpaired) electrons. The minimum absolute atomic E-state index is 0.0216. The highest BCUT2D eigenvalue weighted by Crippen LogP contribution is 2.41. The molecule has 0 aromatic carbocycles. The van der Waals surface area contributed by atoms with Crippen LogP contribution >= 0.6 is 11.8 Å². The Hall–Kier alpha value is -2.23. The maximum atomic E-state index is 12.0. The maximum absolute atomic E-state index is 12.0. The van der Waals surface area contributed by atoms with Crippen molar-refractivity contribution in [3.8, 4) is 18.2 Å². The number of carbonyl (C=O) groups excluding carboxylic acids is 1. The molecule has 1 atom stereocenters. The molecule has 1 fully saturated rings. The number of allylic oxidation sites excluding steroid dienone is 3. The molecular weight excluding hydrogens is 298 g/mol. The second-order valence-corrected chi connectivity index (χ2v) is 5.55. The fourth-order valence-electron chi connectivity index (χ4n) is 2.61. The lowest BCUT2D eigenvalue weighted by molar-refractivity contribution is -0.138. The Morgan fingerprint density at radius 1 is 1.27 bits per heavy atom. The highest BCUT2D eigenvalue weighted by molar-refractivity contribution is 8.02. The molecule has 0 saturated heterocycles. The van der Waals surface area contributed by atoms with E-state index in [1.54, 1.807) is 13.2 Å². The zero-order valence-corrected chi connectivity index (χ0v) is 13.5. The van der Waals surface area contributed by atoms with Gasteiger partial charge in [0.05, 0.1) is 6.61 Å². The summed E-state index contributed by atoms with van der Waals surface area (Å²) in [6.07, 6.45) is 4.95. The van der Waals surface area contributed by atoms with Gasteiger partial charge in [-0.05, 0) is 38.0 Å². The molecule has 0 heterocycles. The van der Waals surface area contributed by atoms with Gasteiger partial charge in [-0.15, -0.1) is 11.8 Å². The lowest BCUT2D eigenvalue weighted by Crippen LogP contribution is -2.18. The molecular formula is C16H17N3O2S. The fourth-order valence-corrected chi connectivity index (χ4v) is 3.45. The van der Waals surface area contributed by atoms with Gasteiger partial charge in [0, 0.05) is 10.8 Å². The van der Waals surface area contributed by atoms with Gasteiger partial charge in [-0.2, -0.15) is 15.8 Å². The summed E-state index contributed by atoms with van der Waals surface area (Å²) in [6.45, 7) is 1.89. The van der Waals surface area contributed by atoms with Crippen molar-refractivity contribution in [1.82, 2.24) is 0 Å².